The Kier molecular flexibility index (Phi) is 2.51. The molecule has 0 bridgehead atoms. The van der Waals surface area contributed by atoms with Gasteiger partial charge in [0.25, 0.3) is 0 Å². The van der Waals surface area contributed by atoms with E-state index in [1.807, 2.05) is 13.0 Å². The van der Waals surface area contributed by atoms with Crippen LogP contribution in [0.3, 0.4) is 0 Å². The molecule has 1 heterocycles. The maximum atomic E-state index is 5.28. The lowest BCUT2D eigenvalue weighted by molar-refractivity contribution is 0.192. The third-order valence-corrected chi connectivity index (χ3v) is 1.32. The van der Waals surface area contributed by atoms with Crippen molar-refractivity contribution in [3.8, 4) is 0 Å². The maximum Gasteiger partial charge on any atom is 0.117 e. The number of rotatable bonds is 4. The Labute approximate surface area is 61.1 Å². The van der Waals surface area contributed by atoms with E-state index >= 15 is 0 Å². The Morgan fingerprint density at radius 2 is 2.60 bits per heavy atom. The van der Waals surface area contributed by atoms with Gasteiger partial charge in [0.05, 0.1) is 6.61 Å². The van der Waals surface area contributed by atoms with Crippen LogP contribution in [-0.2, 0) is 9.47 Å². The van der Waals surface area contributed by atoms with Crippen LogP contribution in [-0.4, -0.2) is 19.3 Å². The molecule has 1 unspecified atom stereocenters. The molecule has 1 atom stereocenters. The van der Waals surface area contributed by atoms with Gasteiger partial charge >= 0.3 is 0 Å². The lowest BCUT2D eigenvalue weighted by atomic mass is 10.4. The van der Waals surface area contributed by atoms with Gasteiger partial charge in [0, 0.05) is 0 Å². The van der Waals surface area contributed by atoms with E-state index in [1.165, 1.54) is 0 Å². The highest BCUT2D eigenvalue weighted by atomic mass is 16.6. The number of allylic oxidation sites excluding steroid dienone is 2. The fourth-order valence-corrected chi connectivity index (χ4v) is 0.614. The van der Waals surface area contributed by atoms with Crippen LogP contribution in [0.2, 0.25) is 0 Å². The van der Waals surface area contributed by atoms with Crippen molar-refractivity contribution in [2.75, 3.05) is 13.2 Å². The molecule has 1 aliphatic heterocycles. The van der Waals surface area contributed by atoms with E-state index in [0.29, 0.717) is 12.7 Å². The third kappa shape index (κ3) is 2.23. The molecule has 1 fully saturated rings. The van der Waals surface area contributed by atoms with E-state index in [9.17, 15) is 0 Å². The van der Waals surface area contributed by atoms with E-state index in [4.69, 9.17) is 9.47 Å². The Hall–Kier alpha value is -0.760. The van der Waals surface area contributed by atoms with Crippen LogP contribution in [0.1, 0.15) is 6.92 Å². The number of epoxide rings is 1. The lowest BCUT2D eigenvalue weighted by Gasteiger charge is -2.02. The zero-order valence-corrected chi connectivity index (χ0v) is 6.17. The zero-order valence-electron chi connectivity index (χ0n) is 6.17. The van der Waals surface area contributed by atoms with E-state index < -0.39 is 0 Å². The molecule has 0 amide bonds. The van der Waals surface area contributed by atoms with Crippen molar-refractivity contribution < 1.29 is 9.47 Å². The molecular formula is C8H12O2. The first kappa shape index (κ1) is 7.35. The molecule has 2 heteroatoms. The molecule has 0 spiro atoms. The predicted molar refractivity (Wildman–Crippen MR) is 39.6 cm³/mol. The Morgan fingerprint density at radius 3 is 3.00 bits per heavy atom. The minimum absolute atomic E-state index is 0.329. The summed E-state index contributed by atoms with van der Waals surface area (Å²) in [5.41, 5.74) is 0. The molecule has 0 aromatic rings. The predicted octanol–water partition coefficient (Wildman–Crippen LogP) is 1.49. The monoisotopic (exact) mass is 140 g/mol. The van der Waals surface area contributed by atoms with Crippen molar-refractivity contribution in [1.29, 1.82) is 0 Å². The van der Waals surface area contributed by atoms with Crippen molar-refractivity contribution in [2.45, 2.75) is 13.0 Å². The van der Waals surface area contributed by atoms with Gasteiger partial charge in [-0.05, 0) is 19.1 Å². The molecule has 1 aliphatic rings. The fourth-order valence-electron chi connectivity index (χ4n) is 0.614. The molecule has 0 aliphatic carbocycles. The van der Waals surface area contributed by atoms with E-state index in [0.717, 1.165) is 12.4 Å². The Morgan fingerprint density at radius 1 is 1.90 bits per heavy atom. The summed E-state index contributed by atoms with van der Waals surface area (Å²) in [6.07, 6.45) is 3.91. The zero-order chi connectivity index (χ0) is 7.40. The molecule has 0 radical (unpaired) electrons. The average molecular weight is 140 g/mol. The summed E-state index contributed by atoms with van der Waals surface area (Å²) in [6.45, 7) is 7.02. The SMILES string of the molecule is C=C/C(=C\C)OCC1CO1. The van der Waals surface area contributed by atoms with Crippen LogP contribution in [0.25, 0.3) is 0 Å². The van der Waals surface area contributed by atoms with Gasteiger partial charge in [-0.15, -0.1) is 0 Å². The molecule has 0 saturated carbocycles. The molecule has 0 N–H and O–H groups in total. The number of hydrogen-bond acceptors (Lipinski definition) is 2. The largest absolute Gasteiger partial charge is 0.491 e. The first-order valence-corrected chi connectivity index (χ1v) is 3.40. The second kappa shape index (κ2) is 3.42. The van der Waals surface area contributed by atoms with Crippen LogP contribution in [0, 0.1) is 0 Å². The van der Waals surface area contributed by atoms with Gasteiger partial charge in [-0.2, -0.15) is 0 Å². The highest BCUT2D eigenvalue weighted by molar-refractivity contribution is 5.06. The normalized spacial score (nSPS) is 24.1. The van der Waals surface area contributed by atoms with Crippen molar-refractivity contribution in [2.24, 2.45) is 0 Å². The maximum absolute atomic E-state index is 5.28. The summed E-state index contributed by atoms with van der Waals surface area (Å²) in [7, 11) is 0. The molecule has 56 valence electrons. The minimum Gasteiger partial charge on any atom is -0.491 e. The van der Waals surface area contributed by atoms with Crippen LogP contribution in [0.4, 0.5) is 0 Å². The summed E-state index contributed by atoms with van der Waals surface area (Å²) in [4.78, 5) is 0. The van der Waals surface area contributed by atoms with Crippen LogP contribution >= 0.6 is 0 Å². The first-order valence-electron chi connectivity index (χ1n) is 3.40. The summed E-state index contributed by atoms with van der Waals surface area (Å²) < 4.78 is 10.2. The quantitative estimate of drug-likeness (QED) is 0.335. The molecule has 0 aromatic heterocycles. The first-order chi connectivity index (χ1) is 4.86. The summed E-state index contributed by atoms with van der Waals surface area (Å²) in [5, 5.41) is 0. The number of ether oxygens (including phenoxy) is 2. The van der Waals surface area contributed by atoms with Gasteiger partial charge < -0.3 is 9.47 Å². The third-order valence-electron chi connectivity index (χ3n) is 1.32. The fraction of sp³-hybridized carbons (Fsp3) is 0.500. The lowest BCUT2D eigenvalue weighted by Crippen LogP contribution is -1.99. The Balaban J connectivity index is 2.14. The Bertz CT molecular complexity index is 145. The van der Waals surface area contributed by atoms with Gasteiger partial charge in [0.2, 0.25) is 0 Å². The van der Waals surface area contributed by atoms with Crippen molar-refractivity contribution in [1.82, 2.24) is 0 Å². The summed E-state index contributed by atoms with van der Waals surface area (Å²) >= 11 is 0. The van der Waals surface area contributed by atoms with E-state index in [-0.39, 0.29) is 0 Å². The van der Waals surface area contributed by atoms with Gasteiger partial charge in [-0.3, -0.25) is 0 Å². The van der Waals surface area contributed by atoms with Gasteiger partial charge in [-0.25, -0.2) is 0 Å². The van der Waals surface area contributed by atoms with Crippen LogP contribution in [0.15, 0.2) is 24.5 Å². The van der Waals surface area contributed by atoms with Gasteiger partial charge in [-0.1, -0.05) is 6.58 Å². The van der Waals surface area contributed by atoms with Crippen LogP contribution < -0.4 is 0 Å². The number of hydrogen-bond donors (Lipinski definition) is 0. The van der Waals surface area contributed by atoms with E-state index in [2.05, 4.69) is 6.58 Å². The molecular weight excluding hydrogens is 128 g/mol. The minimum atomic E-state index is 0.329. The molecule has 1 saturated heterocycles. The van der Waals surface area contributed by atoms with Crippen molar-refractivity contribution in [3.63, 3.8) is 0 Å². The molecule has 2 nitrogen and oxygen atoms in total. The van der Waals surface area contributed by atoms with Gasteiger partial charge in [0.15, 0.2) is 0 Å². The molecule has 1 rings (SSSR count). The topological polar surface area (TPSA) is 21.8 Å². The summed E-state index contributed by atoms with van der Waals surface area (Å²) in [6, 6.07) is 0. The van der Waals surface area contributed by atoms with Crippen molar-refractivity contribution in [3.05, 3.63) is 24.5 Å². The van der Waals surface area contributed by atoms with Gasteiger partial charge in [0.1, 0.15) is 18.5 Å². The smallest absolute Gasteiger partial charge is 0.117 e. The highest BCUT2D eigenvalue weighted by Gasteiger charge is 2.22. The standard InChI is InChI=1S/C8H12O2/c1-3-7(4-2)9-5-8-6-10-8/h3-4,8H,1,5-6H2,2H3/b7-4+. The van der Waals surface area contributed by atoms with Crippen molar-refractivity contribution >= 4 is 0 Å². The molecule has 10 heavy (non-hydrogen) atoms. The average Bonchev–Trinajstić information content (AvgIpc) is 2.74. The summed E-state index contributed by atoms with van der Waals surface area (Å²) in [5.74, 6) is 0.829. The second-order valence-electron chi connectivity index (χ2n) is 2.16. The molecule has 0 aromatic carbocycles. The van der Waals surface area contributed by atoms with Crippen LogP contribution in [0.5, 0.6) is 0 Å². The second-order valence-corrected chi connectivity index (χ2v) is 2.16. The highest BCUT2D eigenvalue weighted by Crippen LogP contribution is 2.11. The van der Waals surface area contributed by atoms with E-state index in [1.54, 1.807) is 6.08 Å².